The van der Waals surface area contributed by atoms with Crippen molar-refractivity contribution in [2.75, 3.05) is 13.1 Å². The summed E-state index contributed by atoms with van der Waals surface area (Å²) in [7, 11) is 0. The topological polar surface area (TPSA) is 106 Å². The molecule has 1 aromatic rings. The highest BCUT2D eigenvalue weighted by Gasteiger charge is 2.28. The van der Waals surface area contributed by atoms with Gasteiger partial charge in [0.25, 0.3) is 5.56 Å². The van der Waals surface area contributed by atoms with Gasteiger partial charge < -0.3 is 15.0 Å². The SMILES string of the molecule is CC(C)C[C@H](O)C1CCN(C(=O)Cc2c[nH]c(=O)[nH]c2=O)CC1. The molecule has 128 valence electrons. The summed E-state index contributed by atoms with van der Waals surface area (Å²) in [5.41, 5.74) is -0.841. The van der Waals surface area contributed by atoms with E-state index in [1.807, 2.05) is 0 Å². The first-order valence-electron chi connectivity index (χ1n) is 8.13. The molecule has 2 rings (SSSR count). The number of aromatic nitrogens is 2. The van der Waals surface area contributed by atoms with Crippen LogP contribution >= 0.6 is 0 Å². The molecule has 1 saturated heterocycles. The molecule has 0 spiro atoms. The number of hydrogen-bond acceptors (Lipinski definition) is 4. The van der Waals surface area contributed by atoms with Crippen molar-refractivity contribution >= 4 is 5.91 Å². The number of carbonyl (C=O) groups excluding carboxylic acids is 1. The number of aliphatic hydroxyl groups excluding tert-OH is 1. The van der Waals surface area contributed by atoms with E-state index in [-0.39, 0.29) is 29.9 Å². The van der Waals surface area contributed by atoms with Gasteiger partial charge >= 0.3 is 5.69 Å². The molecule has 0 aromatic carbocycles. The van der Waals surface area contributed by atoms with Gasteiger partial charge in [-0.15, -0.1) is 0 Å². The Balaban J connectivity index is 1.88. The summed E-state index contributed by atoms with van der Waals surface area (Å²) in [6, 6.07) is 0. The third kappa shape index (κ3) is 4.79. The number of amides is 1. The van der Waals surface area contributed by atoms with Gasteiger partial charge in [0.2, 0.25) is 5.91 Å². The number of aliphatic hydroxyl groups is 1. The average molecular weight is 323 g/mol. The summed E-state index contributed by atoms with van der Waals surface area (Å²) in [5, 5.41) is 10.2. The van der Waals surface area contributed by atoms with Crippen molar-refractivity contribution in [2.45, 2.75) is 45.6 Å². The first-order chi connectivity index (χ1) is 10.9. The van der Waals surface area contributed by atoms with Crippen LogP contribution in [-0.2, 0) is 11.2 Å². The van der Waals surface area contributed by atoms with Gasteiger partial charge in [0, 0.05) is 24.8 Å². The maximum Gasteiger partial charge on any atom is 0.325 e. The zero-order valence-electron chi connectivity index (χ0n) is 13.7. The third-order valence-corrected chi connectivity index (χ3v) is 4.39. The lowest BCUT2D eigenvalue weighted by Gasteiger charge is -2.34. The number of nitrogens with one attached hydrogen (secondary N) is 2. The summed E-state index contributed by atoms with van der Waals surface area (Å²) in [4.78, 5) is 41.1. The van der Waals surface area contributed by atoms with Gasteiger partial charge in [0.05, 0.1) is 12.5 Å². The van der Waals surface area contributed by atoms with Crippen LogP contribution in [0.1, 0.15) is 38.7 Å². The quantitative estimate of drug-likeness (QED) is 0.722. The highest BCUT2D eigenvalue weighted by atomic mass is 16.3. The third-order valence-electron chi connectivity index (χ3n) is 4.39. The maximum absolute atomic E-state index is 12.3. The van der Waals surface area contributed by atoms with Crippen LogP contribution in [0.4, 0.5) is 0 Å². The summed E-state index contributed by atoms with van der Waals surface area (Å²) in [6.45, 7) is 5.37. The fourth-order valence-electron chi connectivity index (χ4n) is 3.05. The summed E-state index contributed by atoms with van der Waals surface area (Å²) in [6.07, 6.45) is 3.30. The van der Waals surface area contributed by atoms with E-state index in [1.165, 1.54) is 6.20 Å². The van der Waals surface area contributed by atoms with Crippen molar-refractivity contribution in [3.05, 3.63) is 32.6 Å². The van der Waals surface area contributed by atoms with Crippen molar-refractivity contribution in [3.8, 4) is 0 Å². The van der Waals surface area contributed by atoms with Crippen molar-refractivity contribution in [2.24, 2.45) is 11.8 Å². The molecular weight excluding hydrogens is 298 g/mol. The van der Waals surface area contributed by atoms with Crippen molar-refractivity contribution in [3.63, 3.8) is 0 Å². The molecule has 0 unspecified atom stereocenters. The van der Waals surface area contributed by atoms with Gasteiger partial charge in [-0.05, 0) is 31.1 Å². The van der Waals surface area contributed by atoms with E-state index < -0.39 is 11.2 Å². The fourth-order valence-corrected chi connectivity index (χ4v) is 3.05. The van der Waals surface area contributed by atoms with E-state index in [4.69, 9.17) is 0 Å². The van der Waals surface area contributed by atoms with Crippen LogP contribution in [0.25, 0.3) is 0 Å². The number of hydrogen-bond donors (Lipinski definition) is 3. The van der Waals surface area contributed by atoms with E-state index >= 15 is 0 Å². The molecule has 7 heteroatoms. The minimum absolute atomic E-state index is 0.0225. The Morgan fingerprint density at radius 2 is 2.00 bits per heavy atom. The van der Waals surface area contributed by atoms with Gasteiger partial charge in [-0.3, -0.25) is 14.6 Å². The number of carbonyl (C=O) groups is 1. The van der Waals surface area contributed by atoms with E-state index in [9.17, 15) is 19.5 Å². The van der Waals surface area contributed by atoms with Gasteiger partial charge in [0.1, 0.15) is 0 Å². The van der Waals surface area contributed by atoms with E-state index in [1.54, 1.807) is 4.90 Å². The van der Waals surface area contributed by atoms with Crippen LogP contribution in [0, 0.1) is 11.8 Å². The number of nitrogens with zero attached hydrogens (tertiary/aromatic N) is 1. The predicted octanol–water partition coefficient (Wildman–Crippen LogP) is 0.251. The largest absolute Gasteiger partial charge is 0.393 e. The zero-order valence-corrected chi connectivity index (χ0v) is 13.7. The molecule has 0 radical (unpaired) electrons. The Kier molecular flexibility index (Phi) is 5.76. The number of rotatable bonds is 5. The van der Waals surface area contributed by atoms with E-state index in [0.717, 1.165) is 19.3 Å². The summed E-state index contributed by atoms with van der Waals surface area (Å²) < 4.78 is 0. The summed E-state index contributed by atoms with van der Waals surface area (Å²) in [5.74, 6) is 0.564. The van der Waals surface area contributed by atoms with Gasteiger partial charge in [-0.25, -0.2) is 4.79 Å². The second-order valence-electron chi connectivity index (χ2n) is 6.69. The van der Waals surface area contributed by atoms with Gasteiger partial charge in [-0.1, -0.05) is 13.8 Å². The molecule has 1 aliphatic heterocycles. The molecule has 1 aromatic heterocycles. The van der Waals surface area contributed by atoms with Crippen molar-refractivity contribution in [1.82, 2.24) is 14.9 Å². The van der Waals surface area contributed by atoms with Crippen LogP contribution < -0.4 is 11.2 Å². The lowest BCUT2D eigenvalue weighted by Crippen LogP contribution is -2.42. The number of piperidine rings is 1. The first-order valence-corrected chi connectivity index (χ1v) is 8.13. The van der Waals surface area contributed by atoms with Gasteiger partial charge in [-0.2, -0.15) is 0 Å². The average Bonchev–Trinajstić information content (AvgIpc) is 2.49. The smallest absolute Gasteiger partial charge is 0.325 e. The number of likely N-dealkylation sites (tertiary alicyclic amines) is 1. The van der Waals surface area contributed by atoms with E-state index in [2.05, 4.69) is 23.8 Å². The Labute approximate surface area is 134 Å². The first kappa shape index (κ1) is 17.5. The lowest BCUT2D eigenvalue weighted by molar-refractivity contribution is -0.132. The molecule has 1 amide bonds. The fraction of sp³-hybridized carbons (Fsp3) is 0.688. The van der Waals surface area contributed by atoms with Crippen LogP contribution in [0.3, 0.4) is 0 Å². The Morgan fingerprint density at radius 3 is 2.57 bits per heavy atom. The van der Waals surface area contributed by atoms with Crippen molar-refractivity contribution < 1.29 is 9.90 Å². The second kappa shape index (κ2) is 7.59. The second-order valence-corrected chi connectivity index (χ2v) is 6.69. The van der Waals surface area contributed by atoms with Crippen LogP contribution in [0.5, 0.6) is 0 Å². The molecule has 0 saturated carbocycles. The van der Waals surface area contributed by atoms with Crippen LogP contribution in [0.2, 0.25) is 0 Å². The molecule has 2 heterocycles. The minimum Gasteiger partial charge on any atom is -0.393 e. The molecule has 1 atom stereocenters. The number of H-pyrrole nitrogens is 2. The maximum atomic E-state index is 12.3. The number of aromatic amines is 2. The highest BCUT2D eigenvalue weighted by molar-refractivity contribution is 5.78. The minimum atomic E-state index is -0.578. The van der Waals surface area contributed by atoms with E-state index in [0.29, 0.717) is 19.0 Å². The Bertz CT molecular complexity index is 641. The van der Waals surface area contributed by atoms with Crippen LogP contribution in [-0.4, -0.2) is 45.1 Å². The highest BCUT2D eigenvalue weighted by Crippen LogP contribution is 2.24. The Morgan fingerprint density at radius 1 is 1.35 bits per heavy atom. The normalized spacial score (nSPS) is 17.5. The molecule has 7 nitrogen and oxygen atoms in total. The predicted molar refractivity (Wildman–Crippen MR) is 86.2 cm³/mol. The zero-order chi connectivity index (χ0) is 17.0. The molecule has 3 N–H and O–H groups in total. The molecule has 1 aliphatic rings. The molecule has 0 aliphatic carbocycles. The Hall–Kier alpha value is -1.89. The standard InChI is InChI=1S/C16H25N3O4/c1-10(2)7-13(20)11-3-5-19(6-4-11)14(21)8-12-9-17-16(23)18-15(12)22/h9-11,13,20H,3-8H2,1-2H3,(H2,17,18,22,23)/t13-/m0/s1. The molecule has 0 bridgehead atoms. The molecular formula is C16H25N3O4. The molecule has 1 fully saturated rings. The molecule has 23 heavy (non-hydrogen) atoms. The van der Waals surface area contributed by atoms with Crippen LogP contribution in [0.15, 0.2) is 15.8 Å². The van der Waals surface area contributed by atoms with Gasteiger partial charge in [0.15, 0.2) is 0 Å². The summed E-state index contributed by atoms with van der Waals surface area (Å²) >= 11 is 0. The van der Waals surface area contributed by atoms with Crippen molar-refractivity contribution in [1.29, 1.82) is 0 Å². The monoisotopic (exact) mass is 323 g/mol. The lowest BCUT2D eigenvalue weighted by atomic mass is 9.87.